The maximum atomic E-state index is 13.4. The Morgan fingerprint density at radius 3 is 2.58 bits per heavy atom. The van der Waals surface area contributed by atoms with Crippen molar-refractivity contribution in [3.05, 3.63) is 89.2 Å². The summed E-state index contributed by atoms with van der Waals surface area (Å²) in [5.41, 5.74) is 9.72. The van der Waals surface area contributed by atoms with Crippen molar-refractivity contribution < 1.29 is 5.11 Å². The van der Waals surface area contributed by atoms with Crippen LogP contribution in [-0.4, -0.2) is 29.8 Å². The van der Waals surface area contributed by atoms with Gasteiger partial charge in [0.2, 0.25) is 0 Å². The van der Waals surface area contributed by atoms with Gasteiger partial charge in [-0.2, -0.15) is 0 Å². The fourth-order valence-corrected chi connectivity index (χ4v) is 5.00. The Morgan fingerprint density at radius 1 is 1.03 bits per heavy atom. The molecular weight excluding hydrogens is 414 g/mol. The molecule has 0 bridgehead atoms. The first-order valence-electron chi connectivity index (χ1n) is 11.0. The minimum absolute atomic E-state index is 0.0866. The molecule has 33 heavy (non-hydrogen) atoms. The molecule has 0 aliphatic heterocycles. The molecule has 3 heterocycles. The van der Waals surface area contributed by atoms with Gasteiger partial charge in [0.15, 0.2) is 5.82 Å². The third kappa shape index (κ3) is 3.12. The van der Waals surface area contributed by atoms with Gasteiger partial charge < -0.3 is 15.4 Å². The van der Waals surface area contributed by atoms with E-state index in [0.29, 0.717) is 24.0 Å². The van der Waals surface area contributed by atoms with Crippen LogP contribution < -0.4 is 11.3 Å². The molecule has 0 saturated heterocycles. The molecule has 6 rings (SSSR count). The van der Waals surface area contributed by atoms with Crippen LogP contribution in [0.15, 0.2) is 78.1 Å². The standard InChI is InChI=1S/C26H23N5O2/c1-26(33)12-17(13-26)21-14-31(23-22(21)28-15-29-24(23)27)19-8-7-16-9-10-30(25(32)20(16)11-19)18-5-3-2-4-6-18/h2-11,14-15,17,33H,12-13H2,1H3,(H2,27,28,29). The highest BCUT2D eigenvalue weighted by Gasteiger charge is 2.40. The average Bonchev–Trinajstić information content (AvgIpc) is 3.19. The second-order valence-corrected chi connectivity index (χ2v) is 9.11. The summed E-state index contributed by atoms with van der Waals surface area (Å²) in [5.74, 6) is 0.584. The quantitative estimate of drug-likeness (QED) is 0.446. The van der Waals surface area contributed by atoms with Gasteiger partial charge in [-0.05, 0) is 61.4 Å². The molecular formula is C26H23N5O2. The minimum atomic E-state index is -0.650. The van der Waals surface area contributed by atoms with Gasteiger partial charge in [0, 0.05) is 34.7 Å². The third-order valence-corrected chi connectivity index (χ3v) is 6.65. The Balaban J connectivity index is 1.54. The van der Waals surface area contributed by atoms with E-state index in [1.165, 1.54) is 6.33 Å². The fourth-order valence-electron chi connectivity index (χ4n) is 5.00. The van der Waals surface area contributed by atoms with E-state index in [2.05, 4.69) is 9.97 Å². The predicted molar refractivity (Wildman–Crippen MR) is 129 cm³/mol. The molecule has 3 N–H and O–H groups in total. The van der Waals surface area contributed by atoms with E-state index in [-0.39, 0.29) is 11.5 Å². The van der Waals surface area contributed by atoms with Crippen LogP contribution in [0, 0.1) is 0 Å². The van der Waals surface area contributed by atoms with E-state index in [9.17, 15) is 9.90 Å². The molecule has 0 atom stereocenters. The molecule has 1 fully saturated rings. The molecule has 1 aliphatic carbocycles. The Morgan fingerprint density at radius 2 is 1.82 bits per heavy atom. The molecule has 0 radical (unpaired) electrons. The number of benzene rings is 2. The van der Waals surface area contributed by atoms with Crippen LogP contribution in [0.1, 0.15) is 31.2 Å². The van der Waals surface area contributed by atoms with Crippen LogP contribution >= 0.6 is 0 Å². The van der Waals surface area contributed by atoms with E-state index >= 15 is 0 Å². The van der Waals surface area contributed by atoms with Crippen LogP contribution in [-0.2, 0) is 0 Å². The molecule has 2 aromatic carbocycles. The number of anilines is 1. The van der Waals surface area contributed by atoms with E-state index in [1.54, 1.807) is 10.8 Å². The smallest absolute Gasteiger partial charge is 0.263 e. The number of fused-ring (bicyclic) bond motifs is 2. The van der Waals surface area contributed by atoms with Crippen LogP contribution in [0.5, 0.6) is 0 Å². The molecule has 1 aliphatic rings. The molecule has 3 aromatic heterocycles. The number of nitrogen functional groups attached to an aromatic ring is 1. The van der Waals surface area contributed by atoms with Crippen molar-refractivity contribution in [3.63, 3.8) is 0 Å². The van der Waals surface area contributed by atoms with Gasteiger partial charge in [0.25, 0.3) is 5.56 Å². The largest absolute Gasteiger partial charge is 0.390 e. The number of para-hydroxylation sites is 1. The molecule has 5 aromatic rings. The summed E-state index contributed by atoms with van der Waals surface area (Å²) in [6.07, 6.45) is 6.65. The first-order valence-corrected chi connectivity index (χ1v) is 11.0. The molecule has 0 spiro atoms. The number of nitrogens with zero attached hydrogens (tertiary/aromatic N) is 4. The van der Waals surface area contributed by atoms with Crippen molar-refractivity contribution >= 4 is 27.6 Å². The van der Waals surface area contributed by atoms with Crippen molar-refractivity contribution in [2.24, 2.45) is 0 Å². The van der Waals surface area contributed by atoms with Crippen molar-refractivity contribution in [1.29, 1.82) is 0 Å². The fraction of sp³-hybridized carbons (Fsp3) is 0.192. The van der Waals surface area contributed by atoms with Crippen molar-refractivity contribution in [1.82, 2.24) is 19.1 Å². The number of aliphatic hydroxyl groups is 1. The Bertz CT molecular complexity index is 1580. The second-order valence-electron chi connectivity index (χ2n) is 9.11. The molecule has 0 unspecified atom stereocenters. The lowest BCUT2D eigenvalue weighted by molar-refractivity contribution is -0.0310. The highest BCUT2D eigenvalue weighted by molar-refractivity contribution is 5.91. The maximum absolute atomic E-state index is 13.4. The zero-order valence-electron chi connectivity index (χ0n) is 18.1. The average molecular weight is 438 g/mol. The monoisotopic (exact) mass is 437 g/mol. The Labute approximate surface area is 189 Å². The molecule has 7 nitrogen and oxygen atoms in total. The van der Waals surface area contributed by atoms with E-state index in [0.717, 1.165) is 33.4 Å². The molecule has 0 amide bonds. The van der Waals surface area contributed by atoms with E-state index < -0.39 is 5.60 Å². The number of hydrogen-bond donors (Lipinski definition) is 2. The second kappa shape index (κ2) is 7.02. The number of pyridine rings is 1. The normalized spacial score (nSPS) is 20.2. The summed E-state index contributed by atoms with van der Waals surface area (Å²) in [5, 5.41) is 11.7. The van der Waals surface area contributed by atoms with Crippen LogP contribution in [0.2, 0.25) is 0 Å². The predicted octanol–water partition coefficient (Wildman–Crippen LogP) is 3.94. The topological polar surface area (TPSA) is 99.0 Å². The zero-order chi connectivity index (χ0) is 22.7. The first kappa shape index (κ1) is 19.7. The number of rotatable bonds is 3. The van der Waals surface area contributed by atoms with E-state index in [4.69, 9.17) is 5.73 Å². The van der Waals surface area contributed by atoms with Gasteiger partial charge in [0.05, 0.1) is 11.1 Å². The highest BCUT2D eigenvalue weighted by atomic mass is 16.3. The van der Waals surface area contributed by atoms with Crippen LogP contribution in [0.3, 0.4) is 0 Å². The van der Waals surface area contributed by atoms with E-state index in [1.807, 2.05) is 72.3 Å². The van der Waals surface area contributed by atoms with Crippen molar-refractivity contribution in [2.45, 2.75) is 31.3 Å². The third-order valence-electron chi connectivity index (χ3n) is 6.65. The SMILES string of the molecule is CC1(O)CC(c2cn(-c3ccc4ccn(-c5ccccc5)c(=O)c4c3)c3c(N)ncnc23)C1. The van der Waals surface area contributed by atoms with Crippen molar-refractivity contribution in [2.75, 3.05) is 5.73 Å². The molecule has 7 heteroatoms. The number of aromatic nitrogens is 4. The minimum Gasteiger partial charge on any atom is -0.390 e. The summed E-state index contributed by atoms with van der Waals surface area (Å²) in [7, 11) is 0. The highest BCUT2D eigenvalue weighted by Crippen LogP contribution is 2.47. The molecule has 164 valence electrons. The zero-order valence-corrected chi connectivity index (χ0v) is 18.1. The summed E-state index contributed by atoms with van der Waals surface area (Å²) in [6.45, 7) is 1.85. The summed E-state index contributed by atoms with van der Waals surface area (Å²) in [6, 6.07) is 17.3. The number of hydrogen-bond acceptors (Lipinski definition) is 5. The van der Waals surface area contributed by atoms with Gasteiger partial charge >= 0.3 is 0 Å². The summed E-state index contributed by atoms with van der Waals surface area (Å²) < 4.78 is 3.62. The first-order chi connectivity index (χ1) is 15.9. The molecule has 1 saturated carbocycles. The summed E-state index contributed by atoms with van der Waals surface area (Å²) in [4.78, 5) is 22.1. The van der Waals surface area contributed by atoms with Crippen molar-refractivity contribution in [3.8, 4) is 11.4 Å². The Hall–Kier alpha value is -3.97. The lowest BCUT2D eigenvalue weighted by Crippen LogP contribution is -2.39. The van der Waals surface area contributed by atoms with Gasteiger partial charge in [-0.25, -0.2) is 9.97 Å². The van der Waals surface area contributed by atoms with Gasteiger partial charge in [-0.15, -0.1) is 0 Å². The van der Waals surface area contributed by atoms with Crippen LogP contribution in [0.25, 0.3) is 33.2 Å². The maximum Gasteiger partial charge on any atom is 0.263 e. The Kier molecular flexibility index (Phi) is 4.19. The lowest BCUT2D eigenvalue weighted by atomic mass is 9.69. The lowest BCUT2D eigenvalue weighted by Gasteiger charge is -2.40. The summed E-state index contributed by atoms with van der Waals surface area (Å²) >= 11 is 0. The number of nitrogens with two attached hydrogens (primary N) is 1. The van der Waals surface area contributed by atoms with Gasteiger partial charge in [-0.1, -0.05) is 24.3 Å². The van der Waals surface area contributed by atoms with Gasteiger partial charge in [-0.3, -0.25) is 9.36 Å². The van der Waals surface area contributed by atoms with Crippen LogP contribution in [0.4, 0.5) is 5.82 Å². The van der Waals surface area contributed by atoms with Gasteiger partial charge in [0.1, 0.15) is 11.8 Å².